The summed E-state index contributed by atoms with van der Waals surface area (Å²) in [6, 6.07) is 8.81. The highest BCUT2D eigenvalue weighted by molar-refractivity contribution is 5.89. The maximum absolute atomic E-state index is 11.4. The first-order chi connectivity index (χ1) is 10.6. The van der Waals surface area contributed by atoms with Crippen LogP contribution in [0.1, 0.15) is 16.1 Å². The van der Waals surface area contributed by atoms with Crippen LogP contribution in [0.4, 0.5) is 17.5 Å². The van der Waals surface area contributed by atoms with Crippen LogP contribution in [0.15, 0.2) is 43.0 Å². The van der Waals surface area contributed by atoms with Gasteiger partial charge < -0.3 is 15.4 Å². The fourth-order valence-electron chi connectivity index (χ4n) is 1.83. The Balaban J connectivity index is 2.14. The molecule has 0 spiro atoms. The zero-order valence-corrected chi connectivity index (χ0v) is 12.6. The number of anilines is 3. The second-order valence-corrected chi connectivity index (χ2v) is 4.58. The molecular weight excluding hydrogens is 280 g/mol. The quantitative estimate of drug-likeness (QED) is 0.631. The standard InChI is InChI=1S/C16H18N4O2/c1-4-9-17-16-18-11(2)10-14(20-16)19-13-7-5-12(6-8-13)15(21)22-3/h4-8,10H,1,9H2,2-3H3,(H2,17,18,19,20). The molecule has 2 aromatic rings. The lowest BCUT2D eigenvalue weighted by Gasteiger charge is -2.09. The summed E-state index contributed by atoms with van der Waals surface area (Å²) in [5.41, 5.74) is 2.16. The lowest BCUT2D eigenvalue weighted by Crippen LogP contribution is -2.06. The van der Waals surface area contributed by atoms with E-state index in [1.807, 2.05) is 13.0 Å². The largest absolute Gasteiger partial charge is 0.465 e. The number of esters is 1. The van der Waals surface area contributed by atoms with Gasteiger partial charge in [-0.05, 0) is 31.2 Å². The van der Waals surface area contributed by atoms with E-state index in [2.05, 4.69) is 31.9 Å². The van der Waals surface area contributed by atoms with Gasteiger partial charge in [0.1, 0.15) is 5.82 Å². The molecule has 1 aromatic carbocycles. The van der Waals surface area contributed by atoms with Gasteiger partial charge in [-0.1, -0.05) is 6.08 Å². The second kappa shape index (κ2) is 7.21. The molecule has 0 aliphatic rings. The number of nitrogens with zero attached hydrogens (tertiary/aromatic N) is 2. The SMILES string of the molecule is C=CCNc1nc(C)cc(Nc2ccc(C(=O)OC)cc2)n1. The number of carbonyl (C=O) groups is 1. The van der Waals surface area contributed by atoms with E-state index in [0.717, 1.165) is 11.4 Å². The van der Waals surface area contributed by atoms with Crippen LogP contribution < -0.4 is 10.6 Å². The van der Waals surface area contributed by atoms with Crippen molar-refractivity contribution in [1.29, 1.82) is 0 Å². The number of carbonyl (C=O) groups excluding carboxylic acids is 1. The molecule has 2 rings (SSSR count). The van der Waals surface area contributed by atoms with E-state index in [1.165, 1.54) is 7.11 Å². The van der Waals surface area contributed by atoms with Crippen molar-refractivity contribution < 1.29 is 9.53 Å². The lowest BCUT2D eigenvalue weighted by molar-refractivity contribution is 0.0601. The monoisotopic (exact) mass is 298 g/mol. The maximum atomic E-state index is 11.4. The first kappa shape index (κ1) is 15.5. The molecule has 0 atom stereocenters. The molecule has 1 aromatic heterocycles. The molecule has 6 heteroatoms. The van der Waals surface area contributed by atoms with E-state index >= 15 is 0 Å². The van der Waals surface area contributed by atoms with E-state index in [-0.39, 0.29) is 5.97 Å². The van der Waals surface area contributed by atoms with Gasteiger partial charge in [0.25, 0.3) is 0 Å². The van der Waals surface area contributed by atoms with Gasteiger partial charge in [0.15, 0.2) is 0 Å². The number of hydrogen-bond acceptors (Lipinski definition) is 6. The molecule has 0 bridgehead atoms. The highest BCUT2D eigenvalue weighted by Crippen LogP contribution is 2.17. The van der Waals surface area contributed by atoms with Crippen molar-refractivity contribution in [3.05, 3.63) is 54.2 Å². The average molecular weight is 298 g/mol. The van der Waals surface area contributed by atoms with Gasteiger partial charge in [0, 0.05) is 24.0 Å². The highest BCUT2D eigenvalue weighted by atomic mass is 16.5. The molecule has 0 aliphatic carbocycles. The van der Waals surface area contributed by atoms with Crippen LogP contribution in [0, 0.1) is 6.92 Å². The third-order valence-corrected chi connectivity index (χ3v) is 2.84. The van der Waals surface area contributed by atoms with Crippen LogP contribution in [-0.4, -0.2) is 29.6 Å². The highest BCUT2D eigenvalue weighted by Gasteiger charge is 2.06. The summed E-state index contributed by atoms with van der Waals surface area (Å²) >= 11 is 0. The zero-order valence-electron chi connectivity index (χ0n) is 12.6. The van der Waals surface area contributed by atoms with Crippen LogP contribution in [0.25, 0.3) is 0 Å². The number of ether oxygens (including phenoxy) is 1. The number of rotatable bonds is 6. The summed E-state index contributed by atoms with van der Waals surface area (Å²) in [7, 11) is 1.36. The Morgan fingerprint density at radius 3 is 2.68 bits per heavy atom. The maximum Gasteiger partial charge on any atom is 0.337 e. The molecule has 0 unspecified atom stereocenters. The fourth-order valence-corrected chi connectivity index (χ4v) is 1.83. The Hall–Kier alpha value is -2.89. The topological polar surface area (TPSA) is 76.1 Å². The minimum absolute atomic E-state index is 0.361. The number of hydrogen-bond donors (Lipinski definition) is 2. The van der Waals surface area contributed by atoms with Crippen LogP contribution in [0.2, 0.25) is 0 Å². The van der Waals surface area contributed by atoms with Crippen molar-refractivity contribution >= 4 is 23.4 Å². The smallest absolute Gasteiger partial charge is 0.337 e. The molecule has 0 radical (unpaired) electrons. The summed E-state index contributed by atoms with van der Waals surface area (Å²) in [4.78, 5) is 20.1. The summed E-state index contributed by atoms with van der Waals surface area (Å²) in [5.74, 6) is 0.846. The second-order valence-electron chi connectivity index (χ2n) is 4.58. The fraction of sp³-hybridized carbons (Fsp3) is 0.188. The van der Waals surface area contributed by atoms with Crippen molar-refractivity contribution in [2.24, 2.45) is 0 Å². The Morgan fingerprint density at radius 2 is 2.05 bits per heavy atom. The van der Waals surface area contributed by atoms with E-state index in [4.69, 9.17) is 0 Å². The minimum Gasteiger partial charge on any atom is -0.465 e. The molecular formula is C16H18N4O2. The molecule has 0 aliphatic heterocycles. The zero-order chi connectivity index (χ0) is 15.9. The predicted molar refractivity (Wildman–Crippen MR) is 86.5 cm³/mol. The first-order valence-corrected chi connectivity index (χ1v) is 6.78. The summed E-state index contributed by atoms with van der Waals surface area (Å²) in [5, 5.41) is 6.23. The van der Waals surface area contributed by atoms with Crippen molar-refractivity contribution in [3.8, 4) is 0 Å². The molecule has 0 saturated carbocycles. The normalized spacial score (nSPS) is 9.91. The minimum atomic E-state index is -0.361. The third kappa shape index (κ3) is 4.05. The Bertz CT molecular complexity index is 668. The molecule has 22 heavy (non-hydrogen) atoms. The van der Waals surface area contributed by atoms with Gasteiger partial charge in [0.2, 0.25) is 5.95 Å². The van der Waals surface area contributed by atoms with E-state index in [1.54, 1.807) is 30.3 Å². The predicted octanol–water partition coefficient (Wildman–Crippen LogP) is 2.91. The van der Waals surface area contributed by atoms with Crippen molar-refractivity contribution in [1.82, 2.24) is 9.97 Å². The van der Waals surface area contributed by atoms with Gasteiger partial charge >= 0.3 is 5.97 Å². The molecule has 2 N–H and O–H groups in total. The van der Waals surface area contributed by atoms with Crippen molar-refractivity contribution in [2.75, 3.05) is 24.3 Å². The molecule has 1 heterocycles. The van der Waals surface area contributed by atoms with Gasteiger partial charge in [-0.15, -0.1) is 6.58 Å². The van der Waals surface area contributed by atoms with Crippen molar-refractivity contribution in [2.45, 2.75) is 6.92 Å². The van der Waals surface area contributed by atoms with Crippen LogP contribution in [0.5, 0.6) is 0 Å². The number of methoxy groups -OCH3 is 1. The average Bonchev–Trinajstić information content (AvgIpc) is 2.52. The van der Waals surface area contributed by atoms with Crippen LogP contribution in [0.3, 0.4) is 0 Å². The summed E-state index contributed by atoms with van der Waals surface area (Å²) in [6.07, 6.45) is 1.74. The molecule has 6 nitrogen and oxygen atoms in total. The van der Waals surface area contributed by atoms with E-state index in [9.17, 15) is 4.79 Å². The van der Waals surface area contributed by atoms with Crippen LogP contribution in [-0.2, 0) is 4.74 Å². The van der Waals surface area contributed by atoms with E-state index in [0.29, 0.717) is 23.9 Å². The van der Waals surface area contributed by atoms with Gasteiger partial charge in [0.05, 0.1) is 12.7 Å². The van der Waals surface area contributed by atoms with Gasteiger partial charge in [-0.3, -0.25) is 0 Å². The Morgan fingerprint density at radius 1 is 1.32 bits per heavy atom. The molecule has 114 valence electrons. The molecule has 0 amide bonds. The van der Waals surface area contributed by atoms with Gasteiger partial charge in [-0.25, -0.2) is 9.78 Å². The van der Waals surface area contributed by atoms with Crippen LogP contribution >= 0.6 is 0 Å². The number of aryl methyl sites for hydroxylation is 1. The van der Waals surface area contributed by atoms with E-state index < -0.39 is 0 Å². The third-order valence-electron chi connectivity index (χ3n) is 2.84. The Labute approximate surface area is 129 Å². The first-order valence-electron chi connectivity index (χ1n) is 6.78. The number of nitrogens with one attached hydrogen (secondary N) is 2. The Kier molecular flexibility index (Phi) is 5.08. The van der Waals surface area contributed by atoms with Crippen molar-refractivity contribution in [3.63, 3.8) is 0 Å². The number of benzene rings is 1. The summed E-state index contributed by atoms with van der Waals surface area (Å²) < 4.78 is 4.67. The van der Waals surface area contributed by atoms with Gasteiger partial charge in [-0.2, -0.15) is 4.98 Å². The summed E-state index contributed by atoms with van der Waals surface area (Å²) in [6.45, 7) is 6.14. The molecule has 0 fully saturated rings. The number of aromatic nitrogens is 2. The molecule has 0 saturated heterocycles. The lowest BCUT2D eigenvalue weighted by atomic mass is 10.2.